The van der Waals surface area contributed by atoms with Gasteiger partial charge in [-0.1, -0.05) is 96.5 Å². The molecular formula is C28H19BN3O. The third kappa shape index (κ3) is 3.39. The molecule has 33 heavy (non-hydrogen) atoms. The van der Waals surface area contributed by atoms with Gasteiger partial charge in [0.05, 0.1) is 22.4 Å². The summed E-state index contributed by atoms with van der Waals surface area (Å²) in [4.78, 5) is 10.0. The van der Waals surface area contributed by atoms with Crippen LogP contribution >= 0.6 is 0 Å². The van der Waals surface area contributed by atoms with Crippen molar-refractivity contribution in [3.63, 3.8) is 0 Å². The summed E-state index contributed by atoms with van der Waals surface area (Å²) in [5, 5.41) is 11.7. The minimum Gasteiger partial charge on any atom is -0.450 e. The summed E-state index contributed by atoms with van der Waals surface area (Å²) in [7, 11) is 1.13. The highest BCUT2D eigenvalue weighted by Crippen LogP contribution is 2.32. The minimum absolute atomic E-state index is 0.613. The van der Waals surface area contributed by atoms with E-state index in [9.17, 15) is 5.02 Å². The van der Waals surface area contributed by atoms with E-state index in [4.69, 9.17) is 9.97 Å². The summed E-state index contributed by atoms with van der Waals surface area (Å²) >= 11 is 0. The standard InChI is InChI=1S/C28H19BN3O/c33-29-21-15-16-27-23(17-21)22-13-7-8-14-26(22)32(27)28-30-24(19-9-3-1-4-10-19)18-25(31-28)20-11-5-2-6-12-20/h1-18,33H. The van der Waals surface area contributed by atoms with Crippen molar-refractivity contribution in [2.24, 2.45) is 0 Å². The van der Waals surface area contributed by atoms with Crippen LogP contribution in [0.4, 0.5) is 0 Å². The van der Waals surface area contributed by atoms with Crippen LogP contribution in [0.15, 0.2) is 109 Å². The lowest BCUT2D eigenvalue weighted by atomic mass is 9.88. The topological polar surface area (TPSA) is 50.9 Å². The fraction of sp³-hybridized carbons (Fsp3) is 0. The first-order chi connectivity index (χ1) is 16.3. The molecular weight excluding hydrogens is 405 g/mol. The Hall–Kier alpha value is -4.22. The summed E-state index contributed by atoms with van der Waals surface area (Å²) in [6, 6.07) is 36.5. The Kier molecular flexibility index (Phi) is 4.74. The lowest BCUT2D eigenvalue weighted by molar-refractivity contribution is 0.615. The van der Waals surface area contributed by atoms with E-state index in [1.807, 2.05) is 72.8 Å². The highest BCUT2D eigenvalue weighted by molar-refractivity contribution is 6.46. The summed E-state index contributed by atoms with van der Waals surface area (Å²) in [6.07, 6.45) is 0. The molecule has 0 aliphatic rings. The predicted molar refractivity (Wildman–Crippen MR) is 135 cm³/mol. The molecule has 0 aliphatic heterocycles. The van der Waals surface area contributed by atoms with E-state index in [0.717, 1.165) is 57.3 Å². The van der Waals surface area contributed by atoms with Crippen LogP contribution < -0.4 is 5.46 Å². The molecule has 6 aromatic rings. The second-order valence-electron chi connectivity index (χ2n) is 7.93. The molecule has 1 radical (unpaired) electrons. The van der Waals surface area contributed by atoms with Crippen LogP contribution in [0.1, 0.15) is 0 Å². The van der Waals surface area contributed by atoms with Gasteiger partial charge in [0.2, 0.25) is 5.95 Å². The maximum absolute atomic E-state index is 9.56. The van der Waals surface area contributed by atoms with E-state index in [1.54, 1.807) is 0 Å². The van der Waals surface area contributed by atoms with Gasteiger partial charge in [-0.15, -0.1) is 0 Å². The fourth-order valence-electron chi connectivity index (χ4n) is 4.33. The fourth-order valence-corrected chi connectivity index (χ4v) is 4.33. The van der Waals surface area contributed by atoms with Gasteiger partial charge in [0, 0.05) is 21.9 Å². The average molecular weight is 424 g/mol. The minimum atomic E-state index is 0.613. The number of rotatable bonds is 4. The molecule has 4 aromatic carbocycles. The zero-order chi connectivity index (χ0) is 22.2. The summed E-state index contributed by atoms with van der Waals surface area (Å²) in [5.74, 6) is 0.613. The van der Waals surface area contributed by atoms with Crippen molar-refractivity contribution in [1.29, 1.82) is 0 Å². The molecule has 5 heteroatoms. The molecule has 0 unspecified atom stereocenters. The van der Waals surface area contributed by atoms with Gasteiger partial charge in [-0.25, -0.2) is 9.97 Å². The summed E-state index contributed by atoms with van der Waals surface area (Å²) < 4.78 is 2.10. The normalized spacial score (nSPS) is 11.2. The monoisotopic (exact) mass is 424 g/mol. The van der Waals surface area contributed by atoms with E-state index >= 15 is 0 Å². The first-order valence-corrected chi connectivity index (χ1v) is 10.8. The van der Waals surface area contributed by atoms with Gasteiger partial charge in [0.1, 0.15) is 0 Å². The van der Waals surface area contributed by atoms with Crippen molar-refractivity contribution in [3.05, 3.63) is 109 Å². The SMILES string of the molecule is O[B]c1ccc2c(c1)c1ccccc1n2-c1nc(-c2ccccc2)cc(-c2ccccc2)n1. The van der Waals surface area contributed by atoms with Crippen molar-refractivity contribution in [2.75, 3.05) is 0 Å². The molecule has 6 rings (SSSR count). The van der Waals surface area contributed by atoms with Gasteiger partial charge in [-0.2, -0.15) is 0 Å². The lowest BCUT2D eigenvalue weighted by Gasteiger charge is -2.11. The highest BCUT2D eigenvalue weighted by atomic mass is 16.2. The number of benzene rings is 4. The van der Waals surface area contributed by atoms with Crippen LogP contribution in [-0.4, -0.2) is 27.0 Å². The van der Waals surface area contributed by atoms with Crippen molar-refractivity contribution < 1.29 is 5.02 Å². The zero-order valence-electron chi connectivity index (χ0n) is 17.8. The second kappa shape index (κ2) is 8.04. The molecule has 0 fully saturated rings. The molecule has 1 N–H and O–H groups in total. The number of nitrogens with zero attached hydrogens (tertiary/aromatic N) is 3. The van der Waals surface area contributed by atoms with Crippen LogP contribution in [0, 0.1) is 0 Å². The Morgan fingerprint density at radius 1 is 0.576 bits per heavy atom. The van der Waals surface area contributed by atoms with Crippen molar-refractivity contribution >= 4 is 34.8 Å². The van der Waals surface area contributed by atoms with Crippen molar-refractivity contribution in [1.82, 2.24) is 14.5 Å². The number of hydrogen-bond donors (Lipinski definition) is 1. The molecule has 0 bridgehead atoms. The smallest absolute Gasteiger partial charge is 0.326 e. The third-order valence-corrected chi connectivity index (χ3v) is 5.90. The van der Waals surface area contributed by atoms with Crippen molar-refractivity contribution in [3.8, 4) is 28.5 Å². The highest BCUT2D eigenvalue weighted by Gasteiger charge is 2.17. The first-order valence-electron chi connectivity index (χ1n) is 10.8. The molecule has 0 saturated carbocycles. The molecule has 0 aliphatic carbocycles. The van der Waals surface area contributed by atoms with Crippen LogP contribution in [0.25, 0.3) is 50.3 Å². The largest absolute Gasteiger partial charge is 0.450 e. The number of fused-ring (bicyclic) bond motifs is 3. The molecule has 0 atom stereocenters. The van der Waals surface area contributed by atoms with Crippen LogP contribution in [-0.2, 0) is 0 Å². The molecule has 0 amide bonds. The summed E-state index contributed by atoms with van der Waals surface area (Å²) in [6.45, 7) is 0. The Balaban J connectivity index is 1.68. The lowest BCUT2D eigenvalue weighted by Crippen LogP contribution is -2.12. The van der Waals surface area contributed by atoms with E-state index in [2.05, 4.69) is 41.0 Å². The quantitative estimate of drug-likeness (QED) is 0.399. The van der Waals surface area contributed by atoms with Gasteiger partial charge in [-0.3, -0.25) is 4.57 Å². The van der Waals surface area contributed by atoms with E-state index in [-0.39, 0.29) is 0 Å². The summed E-state index contributed by atoms with van der Waals surface area (Å²) in [5.41, 5.74) is 6.58. The van der Waals surface area contributed by atoms with Gasteiger partial charge in [0.15, 0.2) is 0 Å². The predicted octanol–water partition coefficient (Wildman–Crippen LogP) is 5.14. The average Bonchev–Trinajstić information content (AvgIpc) is 3.23. The molecule has 2 aromatic heterocycles. The number of hydrogen-bond acceptors (Lipinski definition) is 3. The second-order valence-corrected chi connectivity index (χ2v) is 7.93. The molecule has 155 valence electrons. The van der Waals surface area contributed by atoms with Gasteiger partial charge in [0.25, 0.3) is 0 Å². The van der Waals surface area contributed by atoms with Crippen LogP contribution in [0.3, 0.4) is 0 Å². The van der Waals surface area contributed by atoms with E-state index < -0.39 is 0 Å². The number of para-hydroxylation sites is 1. The van der Waals surface area contributed by atoms with Gasteiger partial charge < -0.3 is 5.02 Å². The van der Waals surface area contributed by atoms with Crippen LogP contribution in [0.2, 0.25) is 0 Å². The van der Waals surface area contributed by atoms with E-state index in [1.165, 1.54) is 0 Å². The molecule has 0 saturated heterocycles. The Labute approximate surface area is 192 Å². The first kappa shape index (κ1) is 19.5. The third-order valence-electron chi connectivity index (χ3n) is 5.90. The van der Waals surface area contributed by atoms with E-state index in [0.29, 0.717) is 5.95 Å². The van der Waals surface area contributed by atoms with Crippen LogP contribution in [0.5, 0.6) is 0 Å². The Bertz CT molecular complexity index is 1540. The molecule has 2 heterocycles. The van der Waals surface area contributed by atoms with Gasteiger partial charge >= 0.3 is 7.48 Å². The Morgan fingerprint density at radius 2 is 1.15 bits per heavy atom. The Morgan fingerprint density at radius 3 is 1.79 bits per heavy atom. The zero-order valence-corrected chi connectivity index (χ0v) is 17.8. The molecule has 4 nitrogen and oxygen atoms in total. The molecule has 0 spiro atoms. The van der Waals surface area contributed by atoms with Gasteiger partial charge in [-0.05, 0) is 18.2 Å². The maximum atomic E-state index is 9.56. The maximum Gasteiger partial charge on any atom is 0.326 e. The number of aromatic nitrogens is 3. The van der Waals surface area contributed by atoms with Crippen molar-refractivity contribution in [2.45, 2.75) is 0 Å².